The summed E-state index contributed by atoms with van der Waals surface area (Å²) in [6, 6.07) is 8.04. The van der Waals surface area contributed by atoms with Gasteiger partial charge in [-0.05, 0) is 38.0 Å². The number of hydrogen-bond donors (Lipinski definition) is 1. The Hall–Kier alpha value is -1.38. The Bertz CT molecular complexity index is 617. The van der Waals surface area contributed by atoms with Crippen molar-refractivity contribution in [2.24, 2.45) is 0 Å². The molecule has 18 heavy (non-hydrogen) atoms. The number of hydrogen-bond acceptors (Lipinski definition) is 2. The highest BCUT2D eigenvalue weighted by Gasteiger charge is 2.06. The van der Waals surface area contributed by atoms with Crippen molar-refractivity contribution in [3.05, 3.63) is 46.1 Å². The summed E-state index contributed by atoms with van der Waals surface area (Å²) < 4.78 is 0. The van der Waals surface area contributed by atoms with E-state index in [1.54, 1.807) is 6.92 Å². The van der Waals surface area contributed by atoms with Gasteiger partial charge in [0.15, 0.2) is 0 Å². The Morgan fingerprint density at radius 3 is 2.83 bits per heavy atom. The summed E-state index contributed by atoms with van der Waals surface area (Å²) in [5.41, 5.74) is 3.74. The van der Waals surface area contributed by atoms with Gasteiger partial charge in [-0.2, -0.15) is 0 Å². The second kappa shape index (κ2) is 5.09. The lowest BCUT2D eigenvalue weighted by atomic mass is 10.1. The van der Waals surface area contributed by atoms with E-state index in [4.69, 9.17) is 11.6 Å². The summed E-state index contributed by atoms with van der Waals surface area (Å²) >= 11 is 6.19. The van der Waals surface area contributed by atoms with Gasteiger partial charge in [0.05, 0.1) is 11.6 Å². The van der Waals surface area contributed by atoms with Crippen LogP contribution >= 0.6 is 11.6 Å². The van der Waals surface area contributed by atoms with Crippen molar-refractivity contribution in [1.82, 2.24) is 4.98 Å². The largest absolute Gasteiger partial charge is 0.389 e. The first kappa shape index (κ1) is 13.1. The number of para-hydroxylation sites is 1. The Kier molecular flexibility index (Phi) is 3.69. The highest BCUT2D eigenvalue weighted by atomic mass is 35.5. The molecule has 1 atom stereocenters. The Morgan fingerprint density at radius 1 is 1.44 bits per heavy atom. The molecule has 0 aliphatic heterocycles. The number of nitrogens with zero attached hydrogens (tertiary/aromatic N) is 1. The van der Waals surface area contributed by atoms with Gasteiger partial charge in [-0.1, -0.05) is 35.9 Å². The zero-order valence-electron chi connectivity index (χ0n) is 10.7. The second-order valence-electron chi connectivity index (χ2n) is 4.58. The molecule has 1 heterocycles. The molecule has 1 aromatic carbocycles. The second-order valence-corrected chi connectivity index (χ2v) is 4.94. The van der Waals surface area contributed by atoms with Gasteiger partial charge in [0.25, 0.3) is 0 Å². The van der Waals surface area contributed by atoms with Crippen LogP contribution in [0.2, 0.25) is 5.15 Å². The van der Waals surface area contributed by atoms with Crippen molar-refractivity contribution >= 4 is 28.6 Å². The fourth-order valence-electron chi connectivity index (χ4n) is 1.81. The van der Waals surface area contributed by atoms with Crippen molar-refractivity contribution in [1.29, 1.82) is 0 Å². The predicted molar refractivity (Wildman–Crippen MR) is 76.8 cm³/mol. The van der Waals surface area contributed by atoms with Crippen molar-refractivity contribution in [3.8, 4) is 0 Å². The van der Waals surface area contributed by atoms with Crippen LogP contribution in [-0.2, 0) is 0 Å². The molecule has 2 nitrogen and oxygen atoms in total. The minimum absolute atomic E-state index is 0.469. The third-order valence-corrected chi connectivity index (χ3v) is 3.37. The maximum absolute atomic E-state index is 9.50. The number of aryl methyl sites for hydroxylation is 1. The molecule has 0 amide bonds. The molecule has 0 saturated heterocycles. The van der Waals surface area contributed by atoms with E-state index in [1.807, 2.05) is 44.2 Å². The Labute approximate surface area is 112 Å². The minimum Gasteiger partial charge on any atom is -0.389 e. The SMILES string of the molecule is C/C(=C\c1cc2cccc(C)c2nc1Cl)C(C)O. The van der Waals surface area contributed by atoms with E-state index in [0.717, 1.165) is 27.6 Å². The van der Waals surface area contributed by atoms with Crippen LogP contribution in [0.15, 0.2) is 29.8 Å². The zero-order chi connectivity index (χ0) is 13.3. The molecule has 2 aromatic rings. The first-order valence-electron chi connectivity index (χ1n) is 5.91. The normalized spacial score (nSPS) is 13.9. The van der Waals surface area contributed by atoms with Gasteiger partial charge in [-0.3, -0.25) is 0 Å². The predicted octanol–water partition coefficient (Wildman–Crippen LogP) is 3.98. The molecule has 0 radical (unpaired) electrons. The van der Waals surface area contributed by atoms with Crippen molar-refractivity contribution < 1.29 is 5.11 Å². The van der Waals surface area contributed by atoms with Crippen LogP contribution in [0.5, 0.6) is 0 Å². The number of aliphatic hydroxyl groups excluding tert-OH is 1. The average molecular weight is 262 g/mol. The van der Waals surface area contributed by atoms with Crippen molar-refractivity contribution in [2.75, 3.05) is 0 Å². The van der Waals surface area contributed by atoms with Crippen LogP contribution in [-0.4, -0.2) is 16.2 Å². The van der Waals surface area contributed by atoms with Gasteiger partial charge >= 0.3 is 0 Å². The molecule has 1 unspecified atom stereocenters. The van der Waals surface area contributed by atoms with Crippen molar-refractivity contribution in [3.63, 3.8) is 0 Å². The van der Waals surface area contributed by atoms with E-state index in [1.165, 1.54) is 0 Å². The van der Waals surface area contributed by atoms with Crippen LogP contribution in [0.3, 0.4) is 0 Å². The number of benzene rings is 1. The van der Waals surface area contributed by atoms with Crippen molar-refractivity contribution in [2.45, 2.75) is 26.9 Å². The fraction of sp³-hybridized carbons (Fsp3) is 0.267. The van der Waals surface area contributed by atoms with Gasteiger partial charge in [-0.15, -0.1) is 0 Å². The van der Waals surface area contributed by atoms with E-state index >= 15 is 0 Å². The monoisotopic (exact) mass is 261 g/mol. The van der Waals surface area contributed by atoms with Crippen LogP contribution in [0.1, 0.15) is 25.0 Å². The van der Waals surface area contributed by atoms with Crippen LogP contribution in [0, 0.1) is 6.92 Å². The standard InChI is InChI=1S/C15H16ClNO/c1-9-5-4-6-12-8-13(7-10(2)11(3)18)15(16)17-14(9)12/h4-8,11,18H,1-3H3/b10-7+. The number of halogens is 1. The summed E-state index contributed by atoms with van der Waals surface area (Å²) in [4.78, 5) is 4.43. The van der Waals surface area contributed by atoms with Crippen LogP contribution in [0.25, 0.3) is 17.0 Å². The molecular weight excluding hydrogens is 246 g/mol. The summed E-state index contributed by atoms with van der Waals surface area (Å²) in [6.45, 7) is 5.63. The van der Waals surface area contributed by atoms with Gasteiger partial charge in [0.2, 0.25) is 0 Å². The summed E-state index contributed by atoms with van der Waals surface area (Å²) in [5.74, 6) is 0. The highest BCUT2D eigenvalue weighted by molar-refractivity contribution is 6.31. The number of fused-ring (bicyclic) bond motifs is 1. The topological polar surface area (TPSA) is 33.1 Å². The lowest BCUT2D eigenvalue weighted by Gasteiger charge is -2.07. The Balaban J connectivity index is 2.60. The van der Waals surface area contributed by atoms with Crippen LogP contribution < -0.4 is 0 Å². The number of aromatic nitrogens is 1. The van der Waals surface area contributed by atoms with E-state index < -0.39 is 6.10 Å². The molecule has 0 saturated carbocycles. The van der Waals surface area contributed by atoms with E-state index in [2.05, 4.69) is 4.98 Å². The minimum atomic E-state index is -0.478. The first-order chi connectivity index (χ1) is 8.49. The third kappa shape index (κ3) is 2.55. The van der Waals surface area contributed by atoms with E-state index in [0.29, 0.717) is 5.15 Å². The molecule has 0 fully saturated rings. The fourth-order valence-corrected chi connectivity index (χ4v) is 2.00. The molecule has 0 aliphatic rings. The molecular formula is C15H16ClNO. The van der Waals surface area contributed by atoms with Gasteiger partial charge < -0.3 is 5.11 Å². The van der Waals surface area contributed by atoms with Gasteiger partial charge in [0, 0.05) is 10.9 Å². The molecule has 3 heteroatoms. The van der Waals surface area contributed by atoms with Gasteiger partial charge in [-0.25, -0.2) is 4.98 Å². The Morgan fingerprint density at radius 2 is 2.17 bits per heavy atom. The highest BCUT2D eigenvalue weighted by Crippen LogP contribution is 2.25. The molecule has 94 valence electrons. The van der Waals surface area contributed by atoms with Crippen LogP contribution in [0.4, 0.5) is 0 Å². The quantitative estimate of drug-likeness (QED) is 0.830. The number of rotatable bonds is 2. The smallest absolute Gasteiger partial charge is 0.137 e. The summed E-state index contributed by atoms with van der Waals surface area (Å²) in [5, 5.41) is 11.0. The third-order valence-electron chi connectivity index (χ3n) is 3.07. The lowest BCUT2D eigenvalue weighted by molar-refractivity contribution is 0.232. The summed E-state index contributed by atoms with van der Waals surface area (Å²) in [7, 11) is 0. The lowest BCUT2D eigenvalue weighted by Crippen LogP contribution is -2.00. The first-order valence-corrected chi connectivity index (χ1v) is 6.29. The molecule has 1 N–H and O–H groups in total. The zero-order valence-corrected chi connectivity index (χ0v) is 11.5. The molecule has 0 bridgehead atoms. The molecule has 0 aliphatic carbocycles. The summed E-state index contributed by atoms with van der Waals surface area (Å²) in [6.07, 6.45) is 1.40. The average Bonchev–Trinajstić information content (AvgIpc) is 2.31. The maximum atomic E-state index is 9.50. The number of aliphatic hydroxyl groups is 1. The van der Waals surface area contributed by atoms with Gasteiger partial charge in [0.1, 0.15) is 5.15 Å². The molecule has 2 rings (SSSR count). The number of pyridine rings is 1. The maximum Gasteiger partial charge on any atom is 0.137 e. The van der Waals surface area contributed by atoms with E-state index in [-0.39, 0.29) is 0 Å². The molecule has 0 spiro atoms. The molecule has 1 aromatic heterocycles. The van der Waals surface area contributed by atoms with E-state index in [9.17, 15) is 5.11 Å².